The summed E-state index contributed by atoms with van der Waals surface area (Å²) < 4.78 is 4.67. The van der Waals surface area contributed by atoms with Gasteiger partial charge >= 0.3 is 5.97 Å². The van der Waals surface area contributed by atoms with Crippen molar-refractivity contribution in [3.05, 3.63) is 77.0 Å². The highest BCUT2D eigenvalue weighted by molar-refractivity contribution is 6.03. The molecule has 1 heterocycles. The molecule has 0 aliphatic rings. The summed E-state index contributed by atoms with van der Waals surface area (Å²) in [5.41, 5.74) is 4.26. The normalized spacial score (nSPS) is 10.2. The first-order valence-corrected chi connectivity index (χ1v) is 8.64. The molecule has 0 atom stereocenters. The van der Waals surface area contributed by atoms with Crippen molar-refractivity contribution in [3.8, 4) is 0 Å². The Morgan fingerprint density at radius 1 is 0.929 bits per heavy atom. The van der Waals surface area contributed by atoms with Crippen molar-refractivity contribution in [3.63, 3.8) is 0 Å². The number of benzene rings is 2. The molecule has 0 saturated heterocycles. The van der Waals surface area contributed by atoms with E-state index >= 15 is 0 Å². The number of nitrogens with zero attached hydrogens (tertiary/aromatic N) is 2. The number of aromatic nitrogens is 2. The molecule has 0 bridgehead atoms. The summed E-state index contributed by atoms with van der Waals surface area (Å²) in [7, 11) is 1.34. The fourth-order valence-corrected chi connectivity index (χ4v) is 2.55. The number of carbonyl (C=O) groups is 2. The van der Waals surface area contributed by atoms with Gasteiger partial charge in [-0.1, -0.05) is 12.1 Å². The topological polar surface area (TPSA) is 93.2 Å². The smallest absolute Gasteiger partial charge is 0.337 e. The Balaban J connectivity index is 1.67. The SMILES string of the molecule is COC(=O)c1ccc(Nc2ccc(C(=O)Nc3cccc(C)c3C)nn2)cc1. The van der Waals surface area contributed by atoms with Crippen molar-refractivity contribution < 1.29 is 14.3 Å². The average Bonchev–Trinajstić information content (AvgIpc) is 2.72. The maximum atomic E-state index is 12.4. The van der Waals surface area contributed by atoms with Crippen LogP contribution in [0.25, 0.3) is 0 Å². The van der Waals surface area contributed by atoms with Crippen molar-refractivity contribution in [1.82, 2.24) is 10.2 Å². The predicted octanol–water partition coefficient (Wildman–Crippen LogP) is 3.88. The lowest BCUT2D eigenvalue weighted by molar-refractivity contribution is 0.0600. The third-order valence-electron chi connectivity index (χ3n) is 4.33. The molecule has 7 nitrogen and oxygen atoms in total. The van der Waals surface area contributed by atoms with Crippen LogP contribution in [0.1, 0.15) is 32.0 Å². The van der Waals surface area contributed by atoms with Crippen molar-refractivity contribution in [2.24, 2.45) is 0 Å². The largest absolute Gasteiger partial charge is 0.465 e. The van der Waals surface area contributed by atoms with Crippen LogP contribution < -0.4 is 10.6 Å². The zero-order chi connectivity index (χ0) is 20.1. The van der Waals surface area contributed by atoms with Crippen molar-refractivity contribution in [2.45, 2.75) is 13.8 Å². The lowest BCUT2D eigenvalue weighted by atomic mass is 10.1. The van der Waals surface area contributed by atoms with E-state index in [0.29, 0.717) is 11.4 Å². The number of nitrogens with one attached hydrogen (secondary N) is 2. The van der Waals surface area contributed by atoms with Gasteiger partial charge in [-0.3, -0.25) is 4.79 Å². The van der Waals surface area contributed by atoms with Gasteiger partial charge in [-0.25, -0.2) is 4.79 Å². The molecule has 142 valence electrons. The minimum Gasteiger partial charge on any atom is -0.465 e. The molecule has 0 aliphatic carbocycles. The van der Waals surface area contributed by atoms with Crippen LogP contribution in [-0.2, 0) is 4.74 Å². The molecule has 0 unspecified atom stereocenters. The lowest BCUT2D eigenvalue weighted by Gasteiger charge is -2.10. The number of ether oxygens (including phenoxy) is 1. The van der Waals surface area contributed by atoms with Crippen LogP contribution in [0.3, 0.4) is 0 Å². The lowest BCUT2D eigenvalue weighted by Crippen LogP contribution is -2.15. The van der Waals surface area contributed by atoms with E-state index in [-0.39, 0.29) is 11.6 Å². The Bertz CT molecular complexity index is 999. The van der Waals surface area contributed by atoms with Crippen LogP contribution in [0.4, 0.5) is 17.2 Å². The molecular weight excluding hydrogens is 356 g/mol. The van der Waals surface area contributed by atoms with Crippen molar-refractivity contribution >= 4 is 29.1 Å². The molecule has 0 radical (unpaired) electrons. The second kappa shape index (κ2) is 8.30. The van der Waals surface area contributed by atoms with Crippen molar-refractivity contribution in [2.75, 3.05) is 17.7 Å². The third kappa shape index (κ3) is 4.32. The quantitative estimate of drug-likeness (QED) is 0.657. The van der Waals surface area contributed by atoms with Gasteiger partial charge in [-0.2, -0.15) is 0 Å². The first-order valence-electron chi connectivity index (χ1n) is 8.64. The summed E-state index contributed by atoms with van der Waals surface area (Å²) in [6.07, 6.45) is 0. The van der Waals surface area contributed by atoms with Crippen LogP contribution >= 0.6 is 0 Å². The van der Waals surface area contributed by atoms with Gasteiger partial charge in [0.2, 0.25) is 0 Å². The van der Waals surface area contributed by atoms with E-state index < -0.39 is 5.97 Å². The fourth-order valence-electron chi connectivity index (χ4n) is 2.55. The Kier molecular flexibility index (Phi) is 5.64. The number of rotatable bonds is 5. The van der Waals surface area contributed by atoms with Crippen LogP contribution in [0.2, 0.25) is 0 Å². The molecule has 28 heavy (non-hydrogen) atoms. The Morgan fingerprint density at radius 2 is 1.68 bits per heavy atom. The van der Waals surface area contributed by atoms with Gasteiger partial charge in [-0.15, -0.1) is 10.2 Å². The molecule has 3 rings (SSSR count). The van der Waals surface area contributed by atoms with Crippen LogP contribution in [0.15, 0.2) is 54.6 Å². The van der Waals surface area contributed by atoms with Gasteiger partial charge in [0.25, 0.3) is 5.91 Å². The predicted molar refractivity (Wildman–Crippen MR) is 107 cm³/mol. The summed E-state index contributed by atoms with van der Waals surface area (Å²) >= 11 is 0. The monoisotopic (exact) mass is 376 g/mol. The number of esters is 1. The van der Waals surface area contributed by atoms with Crippen LogP contribution in [0.5, 0.6) is 0 Å². The van der Waals surface area contributed by atoms with Crippen LogP contribution in [0, 0.1) is 13.8 Å². The molecule has 1 aromatic heterocycles. The summed E-state index contributed by atoms with van der Waals surface area (Å²) in [5, 5.41) is 13.9. The van der Waals surface area contributed by atoms with E-state index in [9.17, 15) is 9.59 Å². The maximum absolute atomic E-state index is 12.4. The van der Waals surface area contributed by atoms with E-state index in [1.807, 2.05) is 32.0 Å². The van der Waals surface area contributed by atoms with Gasteiger partial charge < -0.3 is 15.4 Å². The summed E-state index contributed by atoms with van der Waals surface area (Å²) in [6, 6.07) is 15.7. The fraction of sp³-hybridized carbons (Fsp3) is 0.143. The number of methoxy groups -OCH3 is 1. The molecule has 0 fully saturated rings. The van der Waals surface area contributed by atoms with E-state index in [1.165, 1.54) is 7.11 Å². The van der Waals surface area contributed by atoms with E-state index in [1.54, 1.807) is 36.4 Å². The molecule has 1 amide bonds. The molecule has 0 aliphatic heterocycles. The minimum absolute atomic E-state index is 0.215. The zero-order valence-corrected chi connectivity index (χ0v) is 15.8. The van der Waals surface area contributed by atoms with Gasteiger partial charge in [-0.05, 0) is 67.4 Å². The van der Waals surface area contributed by atoms with Gasteiger partial charge in [0, 0.05) is 11.4 Å². The first-order chi connectivity index (χ1) is 13.5. The maximum Gasteiger partial charge on any atom is 0.337 e. The van der Waals surface area contributed by atoms with Crippen molar-refractivity contribution in [1.29, 1.82) is 0 Å². The third-order valence-corrected chi connectivity index (χ3v) is 4.33. The summed E-state index contributed by atoms with van der Waals surface area (Å²) in [5.74, 6) is -0.241. The highest BCUT2D eigenvalue weighted by atomic mass is 16.5. The first kappa shape index (κ1) is 19.0. The molecule has 7 heteroatoms. The number of amides is 1. The number of aryl methyl sites for hydroxylation is 1. The van der Waals surface area contributed by atoms with Gasteiger partial charge in [0.05, 0.1) is 12.7 Å². The summed E-state index contributed by atoms with van der Waals surface area (Å²) in [6.45, 7) is 3.94. The Hall–Kier alpha value is -3.74. The molecule has 3 aromatic rings. The zero-order valence-electron chi connectivity index (χ0n) is 15.8. The highest BCUT2D eigenvalue weighted by Crippen LogP contribution is 2.19. The molecule has 2 aromatic carbocycles. The van der Waals surface area contributed by atoms with E-state index in [2.05, 4.69) is 25.6 Å². The average molecular weight is 376 g/mol. The number of carbonyl (C=O) groups excluding carboxylic acids is 2. The Labute approximate surface area is 162 Å². The number of hydrogen-bond donors (Lipinski definition) is 2. The molecule has 0 spiro atoms. The second-order valence-electron chi connectivity index (χ2n) is 6.20. The molecule has 2 N–H and O–H groups in total. The molecular formula is C21H20N4O3. The van der Waals surface area contributed by atoms with E-state index in [4.69, 9.17) is 0 Å². The minimum atomic E-state index is -0.398. The highest BCUT2D eigenvalue weighted by Gasteiger charge is 2.11. The van der Waals surface area contributed by atoms with E-state index in [0.717, 1.165) is 22.5 Å². The standard InChI is InChI=1S/C21H20N4O3/c1-13-5-4-6-17(14(13)2)23-20(26)18-11-12-19(25-24-18)22-16-9-7-15(8-10-16)21(27)28-3/h4-12H,1-3H3,(H,22,25)(H,23,26). The van der Waals surface area contributed by atoms with Gasteiger partial charge in [0.1, 0.15) is 0 Å². The number of anilines is 3. The second-order valence-corrected chi connectivity index (χ2v) is 6.20. The van der Waals surface area contributed by atoms with Gasteiger partial charge in [0.15, 0.2) is 11.5 Å². The summed E-state index contributed by atoms with van der Waals surface area (Å²) in [4.78, 5) is 23.9. The Morgan fingerprint density at radius 3 is 2.32 bits per heavy atom. The number of hydrogen-bond acceptors (Lipinski definition) is 6. The van der Waals surface area contributed by atoms with Crippen LogP contribution in [-0.4, -0.2) is 29.2 Å². The molecule has 0 saturated carbocycles.